The number of benzene rings is 1. The molecule has 0 spiro atoms. The second-order valence-electron chi connectivity index (χ2n) is 5.61. The molecule has 1 aliphatic rings. The van der Waals surface area contributed by atoms with Crippen LogP contribution in [0.3, 0.4) is 0 Å². The van der Waals surface area contributed by atoms with Crippen LogP contribution >= 0.6 is 0 Å². The van der Waals surface area contributed by atoms with E-state index in [0.29, 0.717) is 18.9 Å². The zero-order valence-corrected chi connectivity index (χ0v) is 11.7. The molecule has 3 N–H and O–H groups in total. The molecule has 1 fully saturated rings. The molecule has 2 unspecified atom stereocenters. The summed E-state index contributed by atoms with van der Waals surface area (Å²) in [6, 6.07) is 9.31. The first-order valence-electron chi connectivity index (χ1n) is 6.60. The van der Waals surface area contributed by atoms with Gasteiger partial charge in [0.15, 0.2) is 0 Å². The Kier molecular flexibility index (Phi) is 4.07. The highest BCUT2D eigenvalue weighted by molar-refractivity contribution is 5.93. The van der Waals surface area contributed by atoms with E-state index in [-0.39, 0.29) is 17.9 Å². The van der Waals surface area contributed by atoms with Gasteiger partial charge >= 0.3 is 0 Å². The van der Waals surface area contributed by atoms with Crippen molar-refractivity contribution in [1.29, 1.82) is 5.26 Å². The number of nitriles is 1. The zero-order valence-electron chi connectivity index (χ0n) is 11.7. The van der Waals surface area contributed by atoms with Gasteiger partial charge in [-0.2, -0.15) is 5.26 Å². The van der Waals surface area contributed by atoms with Gasteiger partial charge < -0.3 is 15.8 Å². The van der Waals surface area contributed by atoms with Crippen LogP contribution in [0.4, 0.5) is 5.69 Å². The molecule has 5 nitrogen and oxygen atoms in total. The summed E-state index contributed by atoms with van der Waals surface area (Å²) in [6.45, 7) is 4.50. The highest BCUT2D eigenvalue weighted by Gasteiger charge is 2.31. The van der Waals surface area contributed by atoms with E-state index in [4.69, 9.17) is 15.7 Å². The maximum atomic E-state index is 12.0. The predicted octanol–water partition coefficient (Wildman–Crippen LogP) is 1.40. The number of hydrogen-bond donors (Lipinski definition) is 2. The standard InChI is InChI=1S/C15H19N3O2/c1-15(2,9-16)10-3-5-11(6-4-10)18-14(19)12-7-20-8-13(12)17/h3-6,12-13H,7-8,17H2,1-2H3,(H,18,19). The summed E-state index contributed by atoms with van der Waals surface area (Å²) in [4.78, 5) is 12.0. The Morgan fingerprint density at radius 3 is 2.55 bits per heavy atom. The predicted molar refractivity (Wildman–Crippen MR) is 76.0 cm³/mol. The fourth-order valence-corrected chi connectivity index (χ4v) is 2.11. The average Bonchev–Trinajstić information content (AvgIpc) is 2.85. The zero-order chi connectivity index (χ0) is 14.8. The van der Waals surface area contributed by atoms with Crippen molar-refractivity contribution in [2.45, 2.75) is 25.3 Å². The van der Waals surface area contributed by atoms with E-state index in [1.165, 1.54) is 0 Å². The number of nitrogens with one attached hydrogen (secondary N) is 1. The maximum Gasteiger partial charge on any atom is 0.231 e. The Labute approximate surface area is 118 Å². The number of hydrogen-bond acceptors (Lipinski definition) is 4. The monoisotopic (exact) mass is 273 g/mol. The fraction of sp³-hybridized carbons (Fsp3) is 0.467. The first kappa shape index (κ1) is 14.5. The van der Waals surface area contributed by atoms with Crippen LogP contribution in [-0.2, 0) is 14.9 Å². The molecule has 0 saturated carbocycles. The highest BCUT2D eigenvalue weighted by Crippen LogP contribution is 2.24. The molecule has 1 aromatic carbocycles. The summed E-state index contributed by atoms with van der Waals surface area (Å²) in [5, 5.41) is 11.9. The molecule has 5 heteroatoms. The number of carbonyl (C=O) groups excluding carboxylic acids is 1. The second-order valence-corrected chi connectivity index (χ2v) is 5.61. The van der Waals surface area contributed by atoms with E-state index < -0.39 is 5.41 Å². The molecule has 1 heterocycles. The first-order valence-corrected chi connectivity index (χ1v) is 6.60. The number of rotatable bonds is 3. The van der Waals surface area contributed by atoms with E-state index in [0.717, 1.165) is 5.56 Å². The Morgan fingerprint density at radius 1 is 1.40 bits per heavy atom. The third-order valence-corrected chi connectivity index (χ3v) is 3.61. The van der Waals surface area contributed by atoms with Gasteiger partial charge in [-0.25, -0.2) is 0 Å². The van der Waals surface area contributed by atoms with Crippen LogP contribution in [-0.4, -0.2) is 25.2 Å². The van der Waals surface area contributed by atoms with Gasteiger partial charge in [-0.15, -0.1) is 0 Å². The van der Waals surface area contributed by atoms with E-state index in [2.05, 4.69) is 11.4 Å². The molecule has 0 aliphatic carbocycles. The maximum absolute atomic E-state index is 12.0. The van der Waals surface area contributed by atoms with Crippen LogP contribution in [0.15, 0.2) is 24.3 Å². The summed E-state index contributed by atoms with van der Waals surface area (Å²) < 4.78 is 5.18. The number of amides is 1. The van der Waals surface area contributed by atoms with Gasteiger partial charge in [0.2, 0.25) is 5.91 Å². The van der Waals surface area contributed by atoms with Crippen LogP contribution in [0, 0.1) is 17.2 Å². The molecule has 20 heavy (non-hydrogen) atoms. The van der Waals surface area contributed by atoms with Gasteiger partial charge in [-0.1, -0.05) is 12.1 Å². The molecule has 1 saturated heterocycles. The third-order valence-electron chi connectivity index (χ3n) is 3.61. The van der Waals surface area contributed by atoms with Crippen molar-refractivity contribution in [3.8, 4) is 6.07 Å². The Bertz CT molecular complexity index is 531. The van der Waals surface area contributed by atoms with Crippen LogP contribution in [0.1, 0.15) is 19.4 Å². The van der Waals surface area contributed by atoms with Crippen molar-refractivity contribution in [3.63, 3.8) is 0 Å². The van der Waals surface area contributed by atoms with Crippen LogP contribution < -0.4 is 11.1 Å². The smallest absolute Gasteiger partial charge is 0.231 e. The van der Waals surface area contributed by atoms with Crippen molar-refractivity contribution in [1.82, 2.24) is 0 Å². The van der Waals surface area contributed by atoms with Gasteiger partial charge in [0.25, 0.3) is 0 Å². The van der Waals surface area contributed by atoms with Gasteiger partial charge in [0.1, 0.15) is 0 Å². The number of anilines is 1. The SMILES string of the molecule is CC(C)(C#N)c1ccc(NC(=O)C2COCC2N)cc1. The Morgan fingerprint density at radius 2 is 2.05 bits per heavy atom. The fourth-order valence-electron chi connectivity index (χ4n) is 2.11. The van der Waals surface area contributed by atoms with E-state index in [1.54, 1.807) is 12.1 Å². The third kappa shape index (κ3) is 2.98. The van der Waals surface area contributed by atoms with Gasteiger partial charge in [-0.05, 0) is 31.5 Å². The lowest BCUT2D eigenvalue weighted by molar-refractivity contribution is -0.120. The average molecular weight is 273 g/mol. The molecule has 1 aliphatic heterocycles. The van der Waals surface area contributed by atoms with Gasteiger partial charge in [-0.3, -0.25) is 4.79 Å². The van der Waals surface area contributed by atoms with Gasteiger partial charge in [0.05, 0.1) is 30.6 Å². The number of ether oxygens (including phenoxy) is 1. The lowest BCUT2D eigenvalue weighted by Crippen LogP contribution is -2.37. The minimum Gasteiger partial charge on any atom is -0.379 e. The quantitative estimate of drug-likeness (QED) is 0.871. The molecule has 0 aromatic heterocycles. The molecule has 1 amide bonds. The molecule has 2 rings (SSSR count). The number of carbonyl (C=O) groups is 1. The van der Waals surface area contributed by atoms with Crippen LogP contribution in [0.5, 0.6) is 0 Å². The van der Waals surface area contributed by atoms with Crippen LogP contribution in [0.25, 0.3) is 0 Å². The lowest BCUT2D eigenvalue weighted by Gasteiger charge is -2.17. The summed E-state index contributed by atoms with van der Waals surface area (Å²) in [5.41, 5.74) is 6.89. The first-order chi connectivity index (χ1) is 9.44. The minimum absolute atomic E-state index is 0.123. The largest absolute Gasteiger partial charge is 0.379 e. The van der Waals surface area contributed by atoms with Crippen molar-refractivity contribution in [3.05, 3.63) is 29.8 Å². The molecular formula is C15H19N3O2. The van der Waals surface area contributed by atoms with Crippen molar-refractivity contribution < 1.29 is 9.53 Å². The topological polar surface area (TPSA) is 88.1 Å². The minimum atomic E-state index is -0.538. The van der Waals surface area contributed by atoms with Crippen molar-refractivity contribution >= 4 is 11.6 Å². The molecule has 0 bridgehead atoms. The highest BCUT2D eigenvalue weighted by atomic mass is 16.5. The summed E-state index contributed by atoms with van der Waals surface area (Å²) in [7, 11) is 0. The van der Waals surface area contributed by atoms with E-state index >= 15 is 0 Å². The molecule has 0 radical (unpaired) electrons. The lowest BCUT2D eigenvalue weighted by atomic mass is 9.86. The molecule has 106 valence electrons. The van der Waals surface area contributed by atoms with Crippen molar-refractivity contribution in [2.75, 3.05) is 18.5 Å². The summed E-state index contributed by atoms with van der Waals surface area (Å²) >= 11 is 0. The molecule has 1 aromatic rings. The van der Waals surface area contributed by atoms with Crippen LogP contribution in [0.2, 0.25) is 0 Å². The van der Waals surface area contributed by atoms with Gasteiger partial charge in [0, 0.05) is 11.7 Å². The number of nitrogens with two attached hydrogens (primary N) is 1. The Balaban J connectivity index is 2.04. The molecular weight excluding hydrogens is 254 g/mol. The molecule has 2 atom stereocenters. The number of nitrogens with zero attached hydrogens (tertiary/aromatic N) is 1. The Hall–Kier alpha value is -1.90. The van der Waals surface area contributed by atoms with E-state index in [9.17, 15) is 4.79 Å². The van der Waals surface area contributed by atoms with Crippen molar-refractivity contribution in [2.24, 2.45) is 11.7 Å². The second kappa shape index (κ2) is 5.61. The summed E-state index contributed by atoms with van der Waals surface area (Å²) in [5.74, 6) is -0.424. The summed E-state index contributed by atoms with van der Waals surface area (Å²) in [6.07, 6.45) is 0. The van der Waals surface area contributed by atoms with E-state index in [1.807, 2.05) is 26.0 Å². The normalized spacial score (nSPS) is 22.3.